The van der Waals surface area contributed by atoms with Gasteiger partial charge in [0.1, 0.15) is 0 Å². The zero-order chi connectivity index (χ0) is 13.6. The van der Waals surface area contributed by atoms with Crippen LogP contribution in [0.4, 0.5) is 0 Å². The minimum Gasteiger partial charge on any atom is -0.393 e. The third-order valence-electron chi connectivity index (χ3n) is 2.76. The zero-order valence-corrected chi connectivity index (χ0v) is 12.8. The van der Waals surface area contributed by atoms with E-state index >= 15 is 0 Å². The molecule has 0 amide bonds. The highest BCUT2D eigenvalue weighted by atomic mass is 32.2. The van der Waals surface area contributed by atoms with Crippen molar-refractivity contribution < 1.29 is 8.42 Å². The fraction of sp³-hybridized carbons (Fsp3) is 0.909. The first-order chi connectivity index (χ1) is 7.66. The predicted octanol–water partition coefficient (Wildman–Crippen LogP) is 1.20. The summed E-state index contributed by atoms with van der Waals surface area (Å²) in [6, 6.07) is 0.298. The van der Waals surface area contributed by atoms with Crippen LogP contribution >= 0.6 is 12.2 Å². The van der Waals surface area contributed by atoms with Crippen LogP contribution in [0.25, 0.3) is 0 Å². The summed E-state index contributed by atoms with van der Waals surface area (Å²) >= 11 is 4.83. The molecule has 0 fully saturated rings. The quantitative estimate of drug-likeness (QED) is 0.677. The molecule has 0 rings (SSSR count). The van der Waals surface area contributed by atoms with E-state index in [2.05, 4.69) is 4.90 Å². The summed E-state index contributed by atoms with van der Waals surface area (Å²) in [5.74, 6) is 0.195. The maximum atomic E-state index is 11.7. The highest BCUT2D eigenvalue weighted by molar-refractivity contribution is 7.92. The van der Waals surface area contributed by atoms with E-state index in [0.717, 1.165) is 6.54 Å². The number of thiocarbonyl (C=S) groups is 1. The molecule has 17 heavy (non-hydrogen) atoms. The topological polar surface area (TPSA) is 63.4 Å². The molecule has 0 unspecified atom stereocenters. The van der Waals surface area contributed by atoms with E-state index in [4.69, 9.17) is 18.0 Å². The molecule has 2 N–H and O–H groups in total. The maximum absolute atomic E-state index is 11.7. The van der Waals surface area contributed by atoms with E-state index in [1.54, 1.807) is 13.8 Å². The van der Waals surface area contributed by atoms with Crippen molar-refractivity contribution in [3.8, 4) is 0 Å². The van der Waals surface area contributed by atoms with Crippen molar-refractivity contribution in [2.24, 2.45) is 5.73 Å². The summed E-state index contributed by atoms with van der Waals surface area (Å²) in [6.45, 7) is 8.78. The van der Waals surface area contributed by atoms with Crippen LogP contribution in [-0.2, 0) is 9.84 Å². The van der Waals surface area contributed by atoms with Gasteiger partial charge < -0.3 is 5.73 Å². The molecule has 6 heteroatoms. The van der Waals surface area contributed by atoms with Crippen molar-refractivity contribution in [1.82, 2.24) is 4.90 Å². The molecule has 0 aromatic heterocycles. The van der Waals surface area contributed by atoms with Crippen molar-refractivity contribution in [2.45, 2.75) is 45.4 Å². The number of sulfone groups is 1. The van der Waals surface area contributed by atoms with Gasteiger partial charge in [-0.3, -0.25) is 4.90 Å². The molecule has 4 nitrogen and oxygen atoms in total. The average molecular weight is 280 g/mol. The van der Waals surface area contributed by atoms with Crippen LogP contribution in [-0.4, -0.2) is 48.4 Å². The van der Waals surface area contributed by atoms with Crippen LogP contribution in [0.3, 0.4) is 0 Å². The molecule has 0 radical (unpaired) electrons. The standard InChI is InChI=1S/C11H24N2O2S2/c1-9(2)13(6-5-11(12)16)7-8-17(14,15)10(3)4/h9-10H,5-8H2,1-4H3,(H2,12,16). The summed E-state index contributed by atoms with van der Waals surface area (Å²) in [7, 11) is -2.97. The van der Waals surface area contributed by atoms with Gasteiger partial charge in [0.2, 0.25) is 0 Å². The zero-order valence-electron chi connectivity index (χ0n) is 11.1. The van der Waals surface area contributed by atoms with E-state index < -0.39 is 9.84 Å². The second-order valence-corrected chi connectivity index (χ2v) is 7.96. The van der Waals surface area contributed by atoms with Crippen molar-refractivity contribution in [3.63, 3.8) is 0 Å². The van der Waals surface area contributed by atoms with E-state index in [1.165, 1.54) is 0 Å². The fourth-order valence-electron chi connectivity index (χ4n) is 1.36. The molecule has 0 aliphatic rings. The lowest BCUT2D eigenvalue weighted by Crippen LogP contribution is -2.38. The molecule has 0 aromatic carbocycles. The number of hydrogen-bond donors (Lipinski definition) is 1. The second kappa shape index (κ2) is 7.28. The van der Waals surface area contributed by atoms with Crippen LogP contribution in [0.15, 0.2) is 0 Å². The van der Waals surface area contributed by atoms with Gasteiger partial charge in [0.25, 0.3) is 0 Å². The van der Waals surface area contributed by atoms with Gasteiger partial charge in [-0.1, -0.05) is 12.2 Å². The Hall–Kier alpha value is -0.200. The molecule has 0 atom stereocenters. The van der Waals surface area contributed by atoms with Gasteiger partial charge in [0.15, 0.2) is 9.84 Å². The van der Waals surface area contributed by atoms with Crippen molar-refractivity contribution >= 4 is 27.0 Å². The van der Waals surface area contributed by atoms with Crippen LogP contribution in [0, 0.1) is 0 Å². The lowest BCUT2D eigenvalue weighted by molar-refractivity contribution is 0.241. The average Bonchev–Trinajstić information content (AvgIpc) is 2.16. The Balaban J connectivity index is 4.33. The smallest absolute Gasteiger partial charge is 0.153 e. The monoisotopic (exact) mass is 280 g/mol. The third kappa shape index (κ3) is 6.95. The number of hydrogen-bond acceptors (Lipinski definition) is 4. The Labute approximate surface area is 110 Å². The van der Waals surface area contributed by atoms with E-state index in [-0.39, 0.29) is 11.0 Å². The summed E-state index contributed by atoms with van der Waals surface area (Å²) in [6.07, 6.45) is 0.634. The van der Waals surface area contributed by atoms with Crippen molar-refractivity contribution in [2.75, 3.05) is 18.8 Å². The van der Waals surface area contributed by atoms with Gasteiger partial charge in [-0.25, -0.2) is 8.42 Å². The van der Waals surface area contributed by atoms with Crippen LogP contribution < -0.4 is 5.73 Å². The van der Waals surface area contributed by atoms with Gasteiger partial charge >= 0.3 is 0 Å². The molecule has 0 aliphatic heterocycles. The molecule has 102 valence electrons. The van der Waals surface area contributed by atoms with Gasteiger partial charge in [-0.15, -0.1) is 0 Å². The molecule has 0 aromatic rings. The predicted molar refractivity (Wildman–Crippen MR) is 77.0 cm³/mol. The van der Waals surface area contributed by atoms with Gasteiger partial charge in [-0.2, -0.15) is 0 Å². The molecule has 0 aliphatic carbocycles. The molecule has 0 saturated heterocycles. The van der Waals surface area contributed by atoms with E-state index in [0.29, 0.717) is 24.0 Å². The maximum Gasteiger partial charge on any atom is 0.153 e. The minimum absolute atomic E-state index is 0.195. The number of nitrogens with two attached hydrogens (primary N) is 1. The normalized spacial score (nSPS) is 12.6. The van der Waals surface area contributed by atoms with Crippen LogP contribution in [0.1, 0.15) is 34.1 Å². The largest absolute Gasteiger partial charge is 0.393 e. The van der Waals surface area contributed by atoms with Gasteiger partial charge in [0, 0.05) is 25.6 Å². The summed E-state index contributed by atoms with van der Waals surface area (Å²) in [4.78, 5) is 2.57. The van der Waals surface area contributed by atoms with Crippen LogP contribution in [0.5, 0.6) is 0 Å². The van der Waals surface area contributed by atoms with E-state index in [1.807, 2.05) is 13.8 Å². The summed E-state index contributed by atoms with van der Waals surface area (Å²) in [5, 5.41) is -0.313. The van der Waals surface area contributed by atoms with Crippen molar-refractivity contribution in [1.29, 1.82) is 0 Å². The Bertz CT molecular complexity index is 337. The molecule has 0 bridgehead atoms. The summed E-state index contributed by atoms with van der Waals surface area (Å²) < 4.78 is 23.4. The molecule has 0 saturated carbocycles. The molecule has 0 heterocycles. The minimum atomic E-state index is -2.97. The first kappa shape index (κ1) is 16.8. The Morgan fingerprint density at radius 3 is 2.12 bits per heavy atom. The molecular formula is C11H24N2O2S2. The van der Waals surface area contributed by atoms with E-state index in [9.17, 15) is 8.42 Å². The first-order valence-corrected chi connectivity index (χ1v) is 8.03. The SMILES string of the molecule is CC(C)N(CCC(N)=S)CCS(=O)(=O)C(C)C. The Morgan fingerprint density at radius 1 is 1.24 bits per heavy atom. The number of nitrogens with zero attached hydrogens (tertiary/aromatic N) is 1. The third-order valence-corrected chi connectivity index (χ3v) is 5.15. The Kier molecular flexibility index (Phi) is 7.20. The number of rotatable bonds is 8. The van der Waals surface area contributed by atoms with Crippen LogP contribution in [0.2, 0.25) is 0 Å². The highest BCUT2D eigenvalue weighted by Crippen LogP contribution is 2.05. The summed E-state index contributed by atoms with van der Waals surface area (Å²) in [5.41, 5.74) is 5.46. The molecule has 0 spiro atoms. The van der Waals surface area contributed by atoms with Gasteiger partial charge in [-0.05, 0) is 27.7 Å². The lowest BCUT2D eigenvalue weighted by Gasteiger charge is -2.26. The lowest BCUT2D eigenvalue weighted by atomic mass is 10.3. The van der Waals surface area contributed by atoms with Crippen molar-refractivity contribution in [3.05, 3.63) is 0 Å². The highest BCUT2D eigenvalue weighted by Gasteiger charge is 2.18. The second-order valence-electron chi connectivity index (χ2n) is 4.76. The first-order valence-electron chi connectivity index (χ1n) is 5.90. The molecular weight excluding hydrogens is 256 g/mol. The Morgan fingerprint density at radius 2 is 1.76 bits per heavy atom. The fourth-order valence-corrected chi connectivity index (χ4v) is 2.41. The van der Waals surface area contributed by atoms with Gasteiger partial charge in [0.05, 0.1) is 16.0 Å².